The molecule has 0 spiro atoms. The molecule has 0 saturated carbocycles. The first kappa shape index (κ1) is 18.5. The summed E-state index contributed by atoms with van der Waals surface area (Å²) >= 11 is 13.6. The second kappa shape index (κ2) is 8.87. The standard InChI is InChI=1S/C17H16Cl2N4S/c1-3-5-11(6-4-2)10-24-17-22-15(21-16(20)23-17)13-8-7-12(18)9-14(13)19/h3-9H,1,10H2,2H3,(H2,20,21,22,23)/b6-4-,11-5+. The van der Waals surface area contributed by atoms with Gasteiger partial charge in [0.25, 0.3) is 0 Å². The van der Waals surface area contributed by atoms with Gasteiger partial charge in [0.05, 0.1) is 5.02 Å². The Morgan fingerprint density at radius 2 is 2.08 bits per heavy atom. The molecule has 0 radical (unpaired) electrons. The highest BCUT2D eigenvalue weighted by atomic mass is 35.5. The number of nitrogen functional groups attached to an aromatic ring is 1. The summed E-state index contributed by atoms with van der Waals surface area (Å²) in [6.07, 6.45) is 7.66. The molecular formula is C17H16Cl2N4S. The zero-order chi connectivity index (χ0) is 17.5. The lowest BCUT2D eigenvalue weighted by Gasteiger charge is -2.07. The molecular weight excluding hydrogens is 363 g/mol. The molecule has 2 N–H and O–H groups in total. The second-order valence-corrected chi connectivity index (χ2v) is 6.48. The third kappa shape index (κ3) is 5.09. The van der Waals surface area contributed by atoms with Gasteiger partial charge in [0.15, 0.2) is 11.0 Å². The van der Waals surface area contributed by atoms with Gasteiger partial charge in [0.2, 0.25) is 5.95 Å². The minimum Gasteiger partial charge on any atom is -0.368 e. The number of benzene rings is 1. The molecule has 0 unspecified atom stereocenters. The molecule has 0 aliphatic carbocycles. The third-order valence-electron chi connectivity index (χ3n) is 2.88. The van der Waals surface area contributed by atoms with Crippen molar-refractivity contribution >= 4 is 40.9 Å². The Hall–Kier alpha value is -1.82. The Labute approximate surface area is 155 Å². The van der Waals surface area contributed by atoms with Crippen molar-refractivity contribution in [3.8, 4) is 11.4 Å². The van der Waals surface area contributed by atoms with Crippen molar-refractivity contribution in [3.63, 3.8) is 0 Å². The van der Waals surface area contributed by atoms with Crippen LogP contribution in [0.5, 0.6) is 0 Å². The van der Waals surface area contributed by atoms with Crippen LogP contribution >= 0.6 is 35.0 Å². The van der Waals surface area contributed by atoms with Gasteiger partial charge in [0.1, 0.15) is 0 Å². The minimum absolute atomic E-state index is 0.147. The monoisotopic (exact) mass is 378 g/mol. The van der Waals surface area contributed by atoms with Crippen LogP contribution in [-0.2, 0) is 0 Å². The highest BCUT2D eigenvalue weighted by Gasteiger charge is 2.11. The number of rotatable bonds is 6. The predicted molar refractivity (Wildman–Crippen MR) is 104 cm³/mol. The van der Waals surface area contributed by atoms with Crippen LogP contribution in [0, 0.1) is 0 Å². The maximum absolute atomic E-state index is 6.22. The molecule has 1 heterocycles. The summed E-state index contributed by atoms with van der Waals surface area (Å²) in [7, 11) is 0. The quantitative estimate of drug-likeness (QED) is 0.551. The molecule has 2 rings (SSSR count). The number of anilines is 1. The number of halogens is 2. The van der Waals surface area contributed by atoms with E-state index in [1.165, 1.54) is 11.8 Å². The van der Waals surface area contributed by atoms with Crippen LogP contribution in [0.1, 0.15) is 6.92 Å². The van der Waals surface area contributed by atoms with E-state index in [1.807, 2.05) is 25.2 Å². The van der Waals surface area contributed by atoms with Gasteiger partial charge in [-0.25, -0.2) is 4.98 Å². The van der Waals surface area contributed by atoms with E-state index in [2.05, 4.69) is 21.5 Å². The third-order valence-corrected chi connectivity index (χ3v) is 4.35. The molecule has 0 fully saturated rings. The summed E-state index contributed by atoms with van der Waals surface area (Å²) in [5.41, 5.74) is 7.57. The number of thioether (sulfide) groups is 1. The zero-order valence-electron chi connectivity index (χ0n) is 13.0. The van der Waals surface area contributed by atoms with Crippen molar-refractivity contribution in [2.75, 3.05) is 11.5 Å². The van der Waals surface area contributed by atoms with Crippen molar-refractivity contribution in [1.82, 2.24) is 15.0 Å². The van der Waals surface area contributed by atoms with Gasteiger partial charge in [-0.15, -0.1) is 0 Å². The van der Waals surface area contributed by atoms with Gasteiger partial charge in [-0.1, -0.05) is 65.8 Å². The summed E-state index contributed by atoms with van der Waals surface area (Å²) in [5, 5.41) is 1.54. The molecule has 0 atom stereocenters. The topological polar surface area (TPSA) is 64.7 Å². The van der Waals surface area contributed by atoms with E-state index in [9.17, 15) is 0 Å². The summed E-state index contributed by atoms with van der Waals surface area (Å²) in [4.78, 5) is 12.8. The Balaban J connectivity index is 2.28. The molecule has 1 aromatic heterocycles. The number of allylic oxidation sites excluding steroid dienone is 4. The highest BCUT2D eigenvalue weighted by Crippen LogP contribution is 2.29. The summed E-state index contributed by atoms with van der Waals surface area (Å²) in [6.45, 7) is 5.68. The average Bonchev–Trinajstić information content (AvgIpc) is 2.52. The lowest BCUT2D eigenvalue weighted by atomic mass is 10.2. The van der Waals surface area contributed by atoms with Crippen molar-refractivity contribution in [3.05, 3.63) is 64.7 Å². The highest BCUT2D eigenvalue weighted by molar-refractivity contribution is 7.99. The normalized spacial score (nSPS) is 11.9. The van der Waals surface area contributed by atoms with Crippen LogP contribution in [0.2, 0.25) is 10.0 Å². The van der Waals surface area contributed by atoms with Crippen molar-refractivity contribution in [1.29, 1.82) is 0 Å². The van der Waals surface area contributed by atoms with E-state index in [1.54, 1.807) is 24.3 Å². The van der Waals surface area contributed by atoms with Crippen LogP contribution < -0.4 is 5.73 Å². The molecule has 0 amide bonds. The van der Waals surface area contributed by atoms with Gasteiger partial charge >= 0.3 is 0 Å². The van der Waals surface area contributed by atoms with E-state index in [0.29, 0.717) is 32.3 Å². The Morgan fingerprint density at radius 3 is 2.75 bits per heavy atom. The lowest BCUT2D eigenvalue weighted by Crippen LogP contribution is -2.02. The van der Waals surface area contributed by atoms with Crippen LogP contribution in [0.3, 0.4) is 0 Å². The fourth-order valence-corrected chi connectivity index (χ4v) is 3.18. The molecule has 7 heteroatoms. The first-order valence-electron chi connectivity index (χ1n) is 7.07. The molecule has 2 aromatic rings. The zero-order valence-corrected chi connectivity index (χ0v) is 15.4. The van der Waals surface area contributed by atoms with Gasteiger partial charge in [0, 0.05) is 16.3 Å². The number of aromatic nitrogens is 3. The molecule has 0 aliphatic rings. The fourth-order valence-electron chi connectivity index (χ4n) is 1.89. The SMILES string of the molecule is C=C/C=C(\C=C/C)CSc1nc(N)nc(-c2ccc(Cl)cc2Cl)n1. The summed E-state index contributed by atoms with van der Waals surface area (Å²) in [6, 6.07) is 5.13. The lowest BCUT2D eigenvalue weighted by molar-refractivity contribution is 0.926. The predicted octanol–water partition coefficient (Wildman–Crippen LogP) is 5.21. The molecule has 124 valence electrons. The van der Waals surface area contributed by atoms with Crippen LogP contribution in [0.4, 0.5) is 5.95 Å². The summed E-state index contributed by atoms with van der Waals surface area (Å²) < 4.78 is 0. The molecule has 0 saturated heterocycles. The van der Waals surface area contributed by atoms with Gasteiger partial charge < -0.3 is 5.73 Å². The molecule has 0 bridgehead atoms. The fraction of sp³-hybridized carbons (Fsp3) is 0.118. The van der Waals surface area contributed by atoms with Crippen molar-refractivity contribution in [2.45, 2.75) is 12.1 Å². The number of hydrogen-bond acceptors (Lipinski definition) is 5. The van der Waals surface area contributed by atoms with E-state index >= 15 is 0 Å². The average molecular weight is 379 g/mol. The van der Waals surface area contributed by atoms with Crippen LogP contribution in [-0.4, -0.2) is 20.7 Å². The molecule has 1 aromatic carbocycles. The minimum atomic E-state index is 0.147. The van der Waals surface area contributed by atoms with Gasteiger partial charge in [-0.3, -0.25) is 0 Å². The number of nitrogens with two attached hydrogens (primary N) is 1. The van der Waals surface area contributed by atoms with Crippen molar-refractivity contribution < 1.29 is 0 Å². The van der Waals surface area contributed by atoms with E-state index < -0.39 is 0 Å². The van der Waals surface area contributed by atoms with Gasteiger partial charge in [-0.2, -0.15) is 9.97 Å². The Bertz CT molecular complexity index is 803. The largest absolute Gasteiger partial charge is 0.368 e. The smallest absolute Gasteiger partial charge is 0.224 e. The second-order valence-electron chi connectivity index (χ2n) is 4.69. The number of nitrogens with zero attached hydrogens (tertiary/aromatic N) is 3. The van der Waals surface area contributed by atoms with Gasteiger partial charge in [-0.05, 0) is 30.7 Å². The van der Waals surface area contributed by atoms with E-state index in [4.69, 9.17) is 28.9 Å². The Morgan fingerprint density at radius 1 is 1.29 bits per heavy atom. The first-order chi connectivity index (χ1) is 11.5. The van der Waals surface area contributed by atoms with Crippen LogP contribution in [0.15, 0.2) is 59.8 Å². The summed E-state index contributed by atoms with van der Waals surface area (Å²) in [5.74, 6) is 1.26. The number of hydrogen-bond donors (Lipinski definition) is 1. The van der Waals surface area contributed by atoms with E-state index in [0.717, 1.165) is 5.57 Å². The maximum atomic E-state index is 6.22. The molecule has 24 heavy (non-hydrogen) atoms. The first-order valence-corrected chi connectivity index (χ1v) is 8.81. The molecule has 0 aliphatic heterocycles. The van der Waals surface area contributed by atoms with Crippen LogP contribution in [0.25, 0.3) is 11.4 Å². The van der Waals surface area contributed by atoms with E-state index in [-0.39, 0.29) is 5.95 Å². The molecule has 4 nitrogen and oxygen atoms in total. The Kier molecular flexibility index (Phi) is 6.85. The van der Waals surface area contributed by atoms with Crippen molar-refractivity contribution in [2.24, 2.45) is 0 Å². The maximum Gasteiger partial charge on any atom is 0.224 e.